The molecule has 1 aromatic heterocycles. The van der Waals surface area contributed by atoms with E-state index in [1.165, 1.54) is 0 Å². The molecule has 1 heterocycles. The molecule has 0 fully saturated rings. The minimum Gasteiger partial charge on any atom is -0.409 e. The molecule has 0 aliphatic carbocycles. The largest absolute Gasteiger partial charge is 0.409 e. The lowest BCUT2D eigenvalue weighted by atomic mass is 10.1. The smallest absolute Gasteiger partial charge is 0.172 e. The first-order chi connectivity index (χ1) is 8.11. The Morgan fingerprint density at radius 3 is 2.71 bits per heavy atom. The van der Waals surface area contributed by atoms with Crippen molar-refractivity contribution in [2.75, 3.05) is 0 Å². The van der Waals surface area contributed by atoms with Crippen molar-refractivity contribution in [3.8, 4) is 5.69 Å². The molecular formula is C12H14N4O. The molecule has 0 aliphatic rings. The van der Waals surface area contributed by atoms with E-state index in [0.717, 1.165) is 16.8 Å². The monoisotopic (exact) mass is 230 g/mol. The van der Waals surface area contributed by atoms with Crippen LogP contribution in [0.1, 0.15) is 16.7 Å². The number of hydrogen-bond donors (Lipinski definition) is 2. The molecule has 0 unspecified atom stereocenters. The number of nitrogens with two attached hydrogens (primary N) is 1. The van der Waals surface area contributed by atoms with Crippen LogP contribution in [-0.4, -0.2) is 20.8 Å². The Morgan fingerprint density at radius 2 is 2.12 bits per heavy atom. The predicted molar refractivity (Wildman–Crippen MR) is 65.5 cm³/mol. The highest BCUT2D eigenvalue weighted by molar-refractivity contribution is 6.00. The normalized spacial score (nSPS) is 11.8. The van der Waals surface area contributed by atoms with E-state index in [4.69, 9.17) is 10.9 Å². The average molecular weight is 230 g/mol. The molecule has 0 spiro atoms. The summed E-state index contributed by atoms with van der Waals surface area (Å²) in [5.41, 5.74) is 9.24. The van der Waals surface area contributed by atoms with Gasteiger partial charge in [0.1, 0.15) is 0 Å². The molecule has 0 radical (unpaired) electrons. The quantitative estimate of drug-likeness (QED) is 0.356. The van der Waals surface area contributed by atoms with E-state index in [0.29, 0.717) is 5.56 Å². The van der Waals surface area contributed by atoms with E-state index >= 15 is 0 Å². The van der Waals surface area contributed by atoms with Crippen molar-refractivity contribution in [3.63, 3.8) is 0 Å². The summed E-state index contributed by atoms with van der Waals surface area (Å²) in [5, 5.41) is 16.0. The number of hydrogen-bond acceptors (Lipinski definition) is 3. The molecule has 5 heteroatoms. The van der Waals surface area contributed by atoms with Gasteiger partial charge in [-0.2, -0.15) is 5.10 Å². The second-order valence-corrected chi connectivity index (χ2v) is 3.97. The molecule has 5 nitrogen and oxygen atoms in total. The van der Waals surface area contributed by atoms with Crippen LogP contribution in [0.2, 0.25) is 0 Å². The number of rotatable bonds is 2. The number of aryl methyl sites for hydroxylation is 2. The van der Waals surface area contributed by atoms with E-state index in [1.54, 1.807) is 10.9 Å². The van der Waals surface area contributed by atoms with Gasteiger partial charge in [-0.3, -0.25) is 0 Å². The Labute approximate surface area is 99.2 Å². The predicted octanol–water partition coefficient (Wildman–Crippen LogP) is 1.58. The van der Waals surface area contributed by atoms with Crippen LogP contribution in [0.15, 0.2) is 35.7 Å². The molecule has 0 aliphatic heterocycles. The van der Waals surface area contributed by atoms with E-state index in [2.05, 4.69) is 10.3 Å². The standard InChI is InChI=1S/C12H14N4O/c1-8-3-4-10(12(13)15-17)11(5-8)16-7-9(2)6-14-16/h3-7,17H,1-2H3,(H2,13,15). The first-order valence-electron chi connectivity index (χ1n) is 5.22. The van der Waals surface area contributed by atoms with Gasteiger partial charge in [-0.25, -0.2) is 4.68 Å². The van der Waals surface area contributed by atoms with Crippen LogP contribution in [0.4, 0.5) is 0 Å². The Kier molecular flexibility index (Phi) is 2.82. The SMILES string of the molecule is Cc1ccc(/C(N)=N/O)c(-n2cc(C)cn2)c1. The third kappa shape index (κ3) is 2.13. The van der Waals surface area contributed by atoms with Crippen LogP contribution in [0, 0.1) is 13.8 Å². The molecule has 3 N–H and O–H groups in total. The summed E-state index contributed by atoms with van der Waals surface area (Å²) in [5.74, 6) is 0.0770. The molecule has 0 saturated heterocycles. The Balaban J connectivity index is 2.62. The lowest BCUT2D eigenvalue weighted by molar-refractivity contribution is 0.318. The Morgan fingerprint density at radius 1 is 1.35 bits per heavy atom. The number of amidine groups is 1. The van der Waals surface area contributed by atoms with Crippen molar-refractivity contribution in [1.82, 2.24) is 9.78 Å². The number of aromatic nitrogens is 2. The van der Waals surface area contributed by atoms with Gasteiger partial charge in [0.2, 0.25) is 0 Å². The third-order valence-electron chi connectivity index (χ3n) is 2.50. The van der Waals surface area contributed by atoms with Crippen molar-refractivity contribution in [2.24, 2.45) is 10.9 Å². The molecule has 88 valence electrons. The van der Waals surface area contributed by atoms with Gasteiger partial charge in [0.25, 0.3) is 0 Å². The second kappa shape index (κ2) is 4.29. The number of nitrogens with zero attached hydrogens (tertiary/aromatic N) is 3. The van der Waals surface area contributed by atoms with Crippen LogP contribution in [-0.2, 0) is 0 Å². The Hall–Kier alpha value is -2.30. The highest BCUT2D eigenvalue weighted by Gasteiger charge is 2.09. The highest BCUT2D eigenvalue weighted by Crippen LogP contribution is 2.16. The zero-order valence-corrected chi connectivity index (χ0v) is 9.75. The van der Waals surface area contributed by atoms with Crippen molar-refractivity contribution in [2.45, 2.75) is 13.8 Å². The summed E-state index contributed by atoms with van der Waals surface area (Å²) < 4.78 is 1.72. The zero-order valence-electron chi connectivity index (χ0n) is 9.75. The lowest BCUT2D eigenvalue weighted by Gasteiger charge is -2.09. The van der Waals surface area contributed by atoms with E-state index in [9.17, 15) is 0 Å². The van der Waals surface area contributed by atoms with Crippen molar-refractivity contribution < 1.29 is 5.21 Å². The average Bonchev–Trinajstić information content (AvgIpc) is 2.75. The zero-order chi connectivity index (χ0) is 12.4. The maximum Gasteiger partial charge on any atom is 0.172 e. The summed E-state index contributed by atoms with van der Waals surface area (Å²) in [4.78, 5) is 0. The molecule has 0 atom stereocenters. The highest BCUT2D eigenvalue weighted by atomic mass is 16.4. The summed E-state index contributed by atoms with van der Waals surface area (Å²) >= 11 is 0. The maximum atomic E-state index is 8.77. The first-order valence-corrected chi connectivity index (χ1v) is 5.22. The fourth-order valence-electron chi connectivity index (χ4n) is 1.65. The van der Waals surface area contributed by atoms with Gasteiger partial charge in [-0.15, -0.1) is 0 Å². The lowest BCUT2D eigenvalue weighted by Crippen LogP contribution is -2.16. The second-order valence-electron chi connectivity index (χ2n) is 3.97. The van der Waals surface area contributed by atoms with Crippen LogP contribution in [0.25, 0.3) is 5.69 Å². The topological polar surface area (TPSA) is 76.4 Å². The van der Waals surface area contributed by atoms with E-state index in [-0.39, 0.29) is 5.84 Å². The van der Waals surface area contributed by atoms with Crippen molar-refractivity contribution in [3.05, 3.63) is 47.3 Å². The Bertz CT molecular complexity index is 572. The molecule has 2 rings (SSSR count). The molecule has 0 amide bonds. The summed E-state index contributed by atoms with van der Waals surface area (Å²) in [6.45, 7) is 3.94. The van der Waals surface area contributed by atoms with Gasteiger partial charge in [0, 0.05) is 11.8 Å². The minimum atomic E-state index is 0.0770. The van der Waals surface area contributed by atoms with Crippen LogP contribution in [0.5, 0.6) is 0 Å². The molecular weight excluding hydrogens is 216 g/mol. The maximum absolute atomic E-state index is 8.77. The van der Waals surface area contributed by atoms with Gasteiger partial charge in [0.05, 0.1) is 11.9 Å². The fourth-order valence-corrected chi connectivity index (χ4v) is 1.65. The van der Waals surface area contributed by atoms with Crippen molar-refractivity contribution >= 4 is 5.84 Å². The third-order valence-corrected chi connectivity index (χ3v) is 2.50. The first kappa shape index (κ1) is 11.2. The van der Waals surface area contributed by atoms with Gasteiger partial charge < -0.3 is 10.9 Å². The minimum absolute atomic E-state index is 0.0770. The molecule has 2 aromatic rings. The molecule has 1 aromatic carbocycles. The summed E-state index contributed by atoms with van der Waals surface area (Å²) in [7, 11) is 0. The van der Waals surface area contributed by atoms with E-state index < -0.39 is 0 Å². The van der Waals surface area contributed by atoms with Gasteiger partial charge in [-0.05, 0) is 37.1 Å². The molecule has 0 saturated carbocycles. The van der Waals surface area contributed by atoms with Crippen LogP contribution < -0.4 is 5.73 Å². The van der Waals surface area contributed by atoms with Gasteiger partial charge in [0.15, 0.2) is 5.84 Å². The van der Waals surface area contributed by atoms with Crippen molar-refractivity contribution in [1.29, 1.82) is 0 Å². The van der Waals surface area contributed by atoms with E-state index in [1.807, 2.05) is 38.2 Å². The fraction of sp³-hybridized carbons (Fsp3) is 0.167. The number of benzene rings is 1. The van der Waals surface area contributed by atoms with Gasteiger partial charge in [-0.1, -0.05) is 11.2 Å². The van der Waals surface area contributed by atoms with Crippen LogP contribution >= 0.6 is 0 Å². The molecule has 0 bridgehead atoms. The van der Waals surface area contributed by atoms with Gasteiger partial charge >= 0.3 is 0 Å². The number of oxime groups is 1. The molecule has 17 heavy (non-hydrogen) atoms. The van der Waals surface area contributed by atoms with Crippen LogP contribution in [0.3, 0.4) is 0 Å². The summed E-state index contributed by atoms with van der Waals surface area (Å²) in [6.07, 6.45) is 3.65. The summed E-state index contributed by atoms with van der Waals surface area (Å²) in [6, 6.07) is 5.67.